The van der Waals surface area contributed by atoms with E-state index in [-0.39, 0.29) is 11.8 Å². The molecule has 1 heterocycles. The van der Waals surface area contributed by atoms with Crippen molar-refractivity contribution in [1.29, 1.82) is 0 Å². The quantitative estimate of drug-likeness (QED) is 0.677. The number of carbonyl (C=O) groups is 2. The first-order valence-electron chi connectivity index (χ1n) is 5.81. The molecule has 1 aliphatic rings. The highest BCUT2D eigenvalue weighted by molar-refractivity contribution is 5.87. The maximum Gasteiger partial charge on any atom is 0.240 e. The Morgan fingerprint density at radius 3 is 2.31 bits per heavy atom. The minimum Gasteiger partial charge on any atom is -0.368 e. The molecule has 1 aliphatic heterocycles. The molecule has 0 spiro atoms. The Kier molecular flexibility index (Phi) is 4.73. The van der Waals surface area contributed by atoms with E-state index in [2.05, 4.69) is 10.2 Å². The van der Waals surface area contributed by atoms with Crippen molar-refractivity contribution >= 4 is 11.8 Å². The Labute approximate surface area is 96.4 Å². The SMILES string of the molecule is CC(C)C(NC(=O)CN1CCCC1)C(N)=O. The van der Waals surface area contributed by atoms with Gasteiger partial charge in [0.15, 0.2) is 0 Å². The molecule has 0 saturated carbocycles. The van der Waals surface area contributed by atoms with E-state index in [1.54, 1.807) is 0 Å². The van der Waals surface area contributed by atoms with Gasteiger partial charge in [0.2, 0.25) is 11.8 Å². The van der Waals surface area contributed by atoms with Crippen LogP contribution in [0.4, 0.5) is 0 Å². The van der Waals surface area contributed by atoms with Crippen LogP contribution in [-0.2, 0) is 9.59 Å². The van der Waals surface area contributed by atoms with Gasteiger partial charge in [0.25, 0.3) is 0 Å². The van der Waals surface area contributed by atoms with Crippen LogP contribution in [0.5, 0.6) is 0 Å². The number of nitrogens with one attached hydrogen (secondary N) is 1. The number of nitrogens with zero attached hydrogens (tertiary/aromatic N) is 1. The fraction of sp³-hybridized carbons (Fsp3) is 0.818. The largest absolute Gasteiger partial charge is 0.368 e. The van der Waals surface area contributed by atoms with Crippen LogP contribution >= 0.6 is 0 Å². The molecular formula is C11H21N3O2. The molecule has 1 atom stereocenters. The zero-order valence-corrected chi connectivity index (χ0v) is 10.0. The second-order valence-corrected chi connectivity index (χ2v) is 4.67. The summed E-state index contributed by atoms with van der Waals surface area (Å²) in [6.45, 7) is 6.04. The van der Waals surface area contributed by atoms with Crippen LogP contribution in [0.25, 0.3) is 0 Å². The van der Waals surface area contributed by atoms with Gasteiger partial charge in [-0.25, -0.2) is 0 Å². The van der Waals surface area contributed by atoms with E-state index in [0.29, 0.717) is 6.54 Å². The van der Waals surface area contributed by atoms with Crippen LogP contribution in [0, 0.1) is 5.92 Å². The number of primary amides is 1. The summed E-state index contributed by atoms with van der Waals surface area (Å²) in [7, 11) is 0. The van der Waals surface area contributed by atoms with Crippen molar-refractivity contribution in [1.82, 2.24) is 10.2 Å². The third-order valence-corrected chi connectivity index (χ3v) is 2.86. The maximum atomic E-state index is 11.7. The summed E-state index contributed by atoms with van der Waals surface area (Å²) >= 11 is 0. The summed E-state index contributed by atoms with van der Waals surface area (Å²) in [6.07, 6.45) is 2.30. The fourth-order valence-electron chi connectivity index (χ4n) is 1.93. The van der Waals surface area contributed by atoms with E-state index < -0.39 is 11.9 Å². The van der Waals surface area contributed by atoms with Gasteiger partial charge in [-0.1, -0.05) is 13.8 Å². The van der Waals surface area contributed by atoms with Crippen LogP contribution < -0.4 is 11.1 Å². The first-order chi connectivity index (χ1) is 7.50. The zero-order valence-electron chi connectivity index (χ0n) is 10.0. The minimum absolute atomic E-state index is 0.0278. The highest BCUT2D eigenvalue weighted by Crippen LogP contribution is 2.06. The predicted octanol–water partition coefficient (Wildman–Crippen LogP) is -0.292. The summed E-state index contributed by atoms with van der Waals surface area (Å²) in [4.78, 5) is 24.9. The molecule has 1 saturated heterocycles. The van der Waals surface area contributed by atoms with Crippen molar-refractivity contribution < 1.29 is 9.59 Å². The van der Waals surface area contributed by atoms with Gasteiger partial charge in [-0.15, -0.1) is 0 Å². The molecule has 92 valence electrons. The first kappa shape index (κ1) is 13.0. The molecule has 16 heavy (non-hydrogen) atoms. The maximum absolute atomic E-state index is 11.7. The number of nitrogens with two attached hydrogens (primary N) is 1. The summed E-state index contributed by atoms with van der Waals surface area (Å²) < 4.78 is 0. The molecule has 1 fully saturated rings. The second-order valence-electron chi connectivity index (χ2n) is 4.67. The van der Waals surface area contributed by atoms with Crippen molar-refractivity contribution in [2.45, 2.75) is 32.7 Å². The van der Waals surface area contributed by atoms with Crippen molar-refractivity contribution in [3.8, 4) is 0 Å². The average Bonchev–Trinajstić information content (AvgIpc) is 2.65. The van der Waals surface area contributed by atoms with Crippen molar-refractivity contribution in [3.63, 3.8) is 0 Å². The highest BCUT2D eigenvalue weighted by atomic mass is 16.2. The summed E-state index contributed by atoms with van der Waals surface area (Å²) in [6, 6.07) is -0.560. The van der Waals surface area contributed by atoms with Crippen LogP contribution in [0.15, 0.2) is 0 Å². The normalized spacial score (nSPS) is 18.7. The number of hydrogen-bond acceptors (Lipinski definition) is 3. The molecule has 0 radical (unpaired) electrons. The topological polar surface area (TPSA) is 75.4 Å². The van der Waals surface area contributed by atoms with Crippen molar-refractivity contribution in [3.05, 3.63) is 0 Å². The third kappa shape index (κ3) is 3.81. The number of likely N-dealkylation sites (tertiary alicyclic amines) is 1. The lowest BCUT2D eigenvalue weighted by Crippen LogP contribution is -2.50. The number of rotatable bonds is 5. The lowest BCUT2D eigenvalue weighted by Gasteiger charge is -2.21. The average molecular weight is 227 g/mol. The molecule has 1 rings (SSSR count). The van der Waals surface area contributed by atoms with Crippen molar-refractivity contribution in [2.24, 2.45) is 11.7 Å². The van der Waals surface area contributed by atoms with Gasteiger partial charge in [-0.05, 0) is 31.8 Å². The van der Waals surface area contributed by atoms with E-state index in [4.69, 9.17) is 5.73 Å². The van der Waals surface area contributed by atoms with Crippen molar-refractivity contribution in [2.75, 3.05) is 19.6 Å². The highest BCUT2D eigenvalue weighted by Gasteiger charge is 2.23. The monoisotopic (exact) mass is 227 g/mol. The Balaban J connectivity index is 2.38. The molecule has 0 aromatic rings. The molecule has 0 aliphatic carbocycles. The Hall–Kier alpha value is -1.10. The van der Waals surface area contributed by atoms with Gasteiger partial charge in [-0.2, -0.15) is 0 Å². The predicted molar refractivity (Wildman–Crippen MR) is 61.6 cm³/mol. The Bertz CT molecular complexity index is 260. The number of amides is 2. The van der Waals surface area contributed by atoms with Crippen LogP contribution in [0.2, 0.25) is 0 Å². The Morgan fingerprint density at radius 1 is 1.31 bits per heavy atom. The molecule has 5 heteroatoms. The number of hydrogen-bond donors (Lipinski definition) is 2. The summed E-state index contributed by atoms with van der Waals surface area (Å²) in [5, 5.41) is 2.69. The lowest BCUT2D eigenvalue weighted by molar-refractivity contribution is -0.128. The molecule has 1 unspecified atom stereocenters. The molecule has 0 bridgehead atoms. The molecule has 3 N–H and O–H groups in total. The standard InChI is InChI=1S/C11H21N3O2/c1-8(2)10(11(12)16)13-9(15)7-14-5-3-4-6-14/h8,10H,3-7H2,1-2H3,(H2,12,16)(H,13,15). The van der Waals surface area contributed by atoms with Gasteiger partial charge in [-0.3, -0.25) is 14.5 Å². The minimum atomic E-state index is -0.560. The summed E-state index contributed by atoms with van der Waals surface area (Å²) in [5.41, 5.74) is 5.23. The molecule has 5 nitrogen and oxygen atoms in total. The second kappa shape index (κ2) is 5.84. The summed E-state index contributed by atoms with van der Waals surface area (Å²) in [5.74, 6) is -0.552. The zero-order chi connectivity index (χ0) is 12.1. The van der Waals surface area contributed by atoms with E-state index in [9.17, 15) is 9.59 Å². The third-order valence-electron chi connectivity index (χ3n) is 2.86. The molecular weight excluding hydrogens is 206 g/mol. The molecule has 2 amide bonds. The Morgan fingerprint density at radius 2 is 1.88 bits per heavy atom. The first-order valence-corrected chi connectivity index (χ1v) is 5.81. The van der Waals surface area contributed by atoms with Gasteiger partial charge in [0.05, 0.1) is 6.54 Å². The molecule has 0 aromatic heterocycles. The van der Waals surface area contributed by atoms with Gasteiger partial charge < -0.3 is 11.1 Å². The molecule has 0 aromatic carbocycles. The van der Waals surface area contributed by atoms with Gasteiger partial charge in [0.1, 0.15) is 6.04 Å². The fourth-order valence-corrected chi connectivity index (χ4v) is 1.93. The van der Waals surface area contributed by atoms with Crippen LogP contribution in [0.3, 0.4) is 0 Å². The van der Waals surface area contributed by atoms with Crippen LogP contribution in [0.1, 0.15) is 26.7 Å². The lowest BCUT2D eigenvalue weighted by atomic mass is 10.0. The van der Waals surface area contributed by atoms with Gasteiger partial charge >= 0.3 is 0 Å². The van der Waals surface area contributed by atoms with E-state index in [1.807, 2.05) is 13.8 Å². The van der Waals surface area contributed by atoms with E-state index in [1.165, 1.54) is 0 Å². The van der Waals surface area contributed by atoms with E-state index >= 15 is 0 Å². The van der Waals surface area contributed by atoms with E-state index in [0.717, 1.165) is 25.9 Å². The smallest absolute Gasteiger partial charge is 0.240 e. The van der Waals surface area contributed by atoms with Crippen LogP contribution in [-0.4, -0.2) is 42.4 Å². The van der Waals surface area contributed by atoms with Gasteiger partial charge in [0, 0.05) is 0 Å². The number of carbonyl (C=O) groups excluding carboxylic acids is 2.